The summed E-state index contributed by atoms with van der Waals surface area (Å²) < 4.78 is 11.7. The molecular formula is C20H22N6OS. The number of pyridine rings is 2. The van der Waals surface area contributed by atoms with Crippen LogP contribution in [0, 0.1) is 0 Å². The van der Waals surface area contributed by atoms with Gasteiger partial charge in [-0.2, -0.15) is 0 Å². The maximum Gasteiger partial charge on any atom is 0.225 e. The zero-order valence-corrected chi connectivity index (χ0v) is 16.6. The number of anilines is 1. The molecule has 144 valence electrons. The summed E-state index contributed by atoms with van der Waals surface area (Å²) in [6, 6.07) is 8.40. The quantitative estimate of drug-likeness (QED) is 0.673. The van der Waals surface area contributed by atoms with Crippen molar-refractivity contribution in [2.24, 2.45) is 0 Å². The number of fused-ring (bicyclic) bond motifs is 2. The summed E-state index contributed by atoms with van der Waals surface area (Å²) >= 11 is 0. The van der Waals surface area contributed by atoms with Crippen LogP contribution in [0.4, 0.5) is 5.95 Å². The van der Waals surface area contributed by atoms with Crippen LogP contribution < -0.4 is 4.90 Å². The van der Waals surface area contributed by atoms with Crippen LogP contribution in [0.3, 0.4) is 0 Å². The summed E-state index contributed by atoms with van der Waals surface area (Å²) in [5, 5.41) is 1.07. The molecule has 2 aliphatic heterocycles. The minimum absolute atomic E-state index is 0.233. The number of nitrogens with zero attached hydrogens (tertiary/aromatic N) is 6. The van der Waals surface area contributed by atoms with Gasteiger partial charge in [0.2, 0.25) is 5.95 Å². The Balaban J connectivity index is 1.27. The fraction of sp³-hybridized carbons (Fsp3) is 0.400. The van der Waals surface area contributed by atoms with Gasteiger partial charge in [0.1, 0.15) is 0 Å². The van der Waals surface area contributed by atoms with E-state index in [2.05, 4.69) is 43.8 Å². The van der Waals surface area contributed by atoms with Crippen LogP contribution in [-0.2, 0) is 22.3 Å². The van der Waals surface area contributed by atoms with Crippen molar-refractivity contribution in [3.8, 4) is 0 Å². The van der Waals surface area contributed by atoms with Gasteiger partial charge in [-0.15, -0.1) is 0 Å². The third-order valence-electron chi connectivity index (χ3n) is 5.61. The summed E-state index contributed by atoms with van der Waals surface area (Å²) in [6.07, 6.45) is 3.64. The fourth-order valence-electron chi connectivity index (χ4n) is 3.90. The number of rotatable bonds is 3. The minimum Gasteiger partial charge on any atom is -0.338 e. The van der Waals surface area contributed by atoms with Crippen molar-refractivity contribution in [2.45, 2.75) is 24.5 Å². The highest BCUT2D eigenvalue weighted by molar-refractivity contribution is 7.83. The Labute approximate surface area is 166 Å². The van der Waals surface area contributed by atoms with Crippen molar-refractivity contribution in [3.63, 3.8) is 0 Å². The molecule has 0 radical (unpaired) electrons. The highest BCUT2D eigenvalue weighted by Gasteiger charge is 2.26. The Morgan fingerprint density at radius 1 is 1.04 bits per heavy atom. The number of aromatic nitrogens is 4. The van der Waals surface area contributed by atoms with Crippen molar-refractivity contribution in [1.82, 2.24) is 24.8 Å². The minimum atomic E-state index is -0.817. The van der Waals surface area contributed by atoms with Gasteiger partial charge in [-0.3, -0.25) is 9.11 Å². The lowest BCUT2D eigenvalue weighted by molar-refractivity contribution is 0.194. The van der Waals surface area contributed by atoms with Crippen LogP contribution in [0.1, 0.15) is 29.9 Å². The molecule has 2 unspecified atom stereocenters. The van der Waals surface area contributed by atoms with E-state index >= 15 is 0 Å². The molecule has 3 aromatic rings. The monoisotopic (exact) mass is 394 g/mol. The van der Waals surface area contributed by atoms with E-state index < -0.39 is 10.8 Å². The van der Waals surface area contributed by atoms with Gasteiger partial charge in [0, 0.05) is 66.4 Å². The first-order valence-corrected chi connectivity index (χ1v) is 11.1. The van der Waals surface area contributed by atoms with Gasteiger partial charge in [-0.1, -0.05) is 0 Å². The van der Waals surface area contributed by atoms with E-state index in [-0.39, 0.29) is 6.04 Å². The molecule has 2 atom stereocenters. The van der Waals surface area contributed by atoms with Crippen molar-refractivity contribution in [3.05, 3.63) is 53.6 Å². The fourth-order valence-corrected chi connectivity index (χ4v) is 5.15. The lowest BCUT2D eigenvalue weighted by Crippen LogP contribution is -2.47. The third-order valence-corrected chi connectivity index (χ3v) is 6.84. The number of piperazine rings is 1. The SMILES string of the molecule is CC(c1ccc2cccnc2n1)N1CCN(c2ncc3c(n2)CS(=O)C3)CC1. The van der Waals surface area contributed by atoms with Gasteiger partial charge in [0.05, 0.1) is 22.9 Å². The van der Waals surface area contributed by atoms with Crippen molar-refractivity contribution < 1.29 is 4.21 Å². The van der Waals surface area contributed by atoms with Crippen molar-refractivity contribution in [2.75, 3.05) is 31.1 Å². The van der Waals surface area contributed by atoms with Gasteiger partial charge in [-0.25, -0.2) is 19.9 Å². The lowest BCUT2D eigenvalue weighted by Gasteiger charge is -2.37. The Morgan fingerprint density at radius 3 is 2.75 bits per heavy atom. The van der Waals surface area contributed by atoms with Crippen LogP contribution in [0.5, 0.6) is 0 Å². The maximum absolute atomic E-state index is 11.7. The summed E-state index contributed by atoms with van der Waals surface area (Å²) in [7, 11) is -0.817. The second kappa shape index (κ2) is 7.18. The van der Waals surface area contributed by atoms with E-state index in [0.717, 1.165) is 60.1 Å². The molecule has 1 saturated heterocycles. The average molecular weight is 395 g/mol. The van der Waals surface area contributed by atoms with Crippen LogP contribution in [-0.4, -0.2) is 55.2 Å². The van der Waals surface area contributed by atoms with Crippen LogP contribution in [0.25, 0.3) is 11.0 Å². The molecule has 8 heteroatoms. The summed E-state index contributed by atoms with van der Waals surface area (Å²) in [5.41, 5.74) is 3.84. The second-order valence-electron chi connectivity index (χ2n) is 7.36. The van der Waals surface area contributed by atoms with Crippen LogP contribution >= 0.6 is 0 Å². The van der Waals surface area contributed by atoms with Gasteiger partial charge < -0.3 is 4.90 Å². The lowest BCUT2D eigenvalue weighted by atomic mass is 10.1. The number of hydrogen-bond donors (Lipinski definition) is 0. The van der Waals surface area contributed by atoms with E-state index in [1.165, 1.54) is 0 Å². The summed E-state index contributed by atoms with van der Waals surface area (Å²) in [6.45, 7) is 5.80. The van der Waals surface area contributed by atoms with Gasteiger partial charge in [0.15, 0.2) is 5.65 Å². The molecule has 7 nitrogen and oxygen atoms in total. The van der Waals surface area contributed by atoms with E-state index in [9.17, 15) is 4.21 Å². The van der Waals surface area contributed by atoms with E-state index in [4.69, 9.17) is 4.98 Å². The largest absolute Gasteiger partial charge is 0.338 e. The average Bonchev–Trinajstić information content (AvgIpc) is 3.12. The third kappa shape index (κ3) is 3.27. The molecule has 0 aliphatic carbocycles. The molecule has 0 amide bonds. The molecule has 0 spiro atoms. The van der Waals surface area contributed by atoms with Gasteiger partial charge in [-0.05, 0) is 31.2 Å². The van der Waals surface area contributed by atoms with Gasteiger partial charge in [0.25, 0.3) is 0 Å². The van der Waals surface area contributed by atoms with Crippen LogP contribution in [0.2, 0.25) is 0 Å². The standard InChI is InChI=1S/C20H22N6OS/c1-14(17-5-4-15-3-2-6-21-19(15)23-17)25-7-9-26(10-8-25)20-22-11-16-12-28(27)13-18(16)24-20/h2-6,11,14H,7-10,12-13H2,1H3. The van der Waals surface area contributed by atoms with Crippen LogP contribution in [0.15, 0.2) is 36.7 Å². The Kier molecular flexibility index (Phi) is 4.52. The molecule has 0 aromatic carbocycles. The first-order chi connectivity index (χ1) is 13.7. The molecule has 0 bridgehead atoms. The highest BCUT2D eigenvalue weighted by atomic mass is 32.2. The normalized spacial score (nSPS) is 21.0. The molecule has 3 aromatic heterocycles. The number of hydrogen-bond acceptors (Lipinski definition) is 7. The first-order valence-electron chi connectivity index (χ1n) is 9.58. The zero-order chi connectivity index (χ0) is 19.1. The molecule has 0 N–H and O–H groups in total. The smallest absolute Gasteiger partial charge is 0.225 e. The predicted molar refractivity (Wildman–Crippen MR) is 109 cm³/mol. The molecule has 28 heavy (non-hydrogen) atoms. The summed E-state index contributed by atoms with van der Waals surface area (Å²) in [4.78, 5) is 23.0. The second-order valence-corrected chi connectivity index (χ2v) is 8.81. The first kappa shape index (κ1) is 17.6. The Bertz CT molecular complexity index is 1050. The molecular weight excluding hydrogens is 372 g/mol. The van der Waals surface area contributed by atoms with Crippen molar-refractivity contribution >= 4 is 27.8 Å². The van der Waals surface area contributed by atoms with E-state index in [0.29, 0.717) is 11.5 Å². The Hall–Kier alpha value is -2.45. The molecule has 2 aliphatic rings. The zero-order valence-electron chi connectivity index (χ0n) is 15.8. The Morgan fingerprint density at radius 2 is 1.89 bits per heavy atom. The van der Waals surface area contributed by atoms with Crippen molar-refractivity contribution in [1.29, 1.82) is 0 Å². The highest BCUT2D eigenvalue weighted by Crippen LogP contribution is 2.25. The van der Waals surface area contributed by atoms with Gasteiger partial charge >= 0.3 is 0 Å². The van der Waals surface area contributed by atoms with E-state index in [1.54, 1.807) is 6.20 Å². The molecule has 1 fully saturated rings. The summed E-state index contributed by atoms with van der Waals surface area (Å²) in [5.74, 6) is 1.91. The molecule has 0 saturated carbocycles. The van der Waals surface area contributed by atoms with E-state index in [1.807, 2.05) is 18.3 Å². The maximum atomic E-state index is 11.7. The topological polar surface area (TPSA) is 75.1 Å². The molecule has 5 rings (SSSR count). The molecule has 5 heterocycles. The predicted octanol–water partition coefficient (Wildman–Crippen LogP) is 2.07.